The number of nitrogens with one attached hydrogen (secondary N) is 4. The highest BCUT2D eigenvalue weighted by atomic mass is 35.5. The van der Waals surface area contributed by atoms with Crippen molar-refractivity contribution in [1.82, 2.24) is 40.3 Å². The van der Waals surface area contributed by atoms with Gasteiger partial charge in [0.1, 0.15) is 28.7 Å². The van der Waals surface area contributed by atoms with E-state index in [0.717, 1.165) is 34.5 Å². The van der Waals surface area contributed by atoms with Gasteiger partial charge in [-0.15, -0.1) is 11.3 Å². The van der Waals surface area contributed by atoms with Crippen LogP contribution in [-0.4, -0.2) is 146 Å². The van der Waals surface area contributed by atoms with Crippen molar-refractivity contribution in [2.24, 2.45) is 11.8 Å². The van der Waals surface area contributed by atoms with Gasteiger partial charge in [0.15, 0.2) is 5.67 Å². The molecule has 5 N–H and O–H groups in total. The minimum absolute atomic E-state index is 0.0304. The lowest BCUT2D eigenvalue weighted by Gasteiger charge is -2.39. The molecule has 8 rings (SSSR count). The van der Waals surface area contributed by atoms with Crippen LogP contribution in [0.3, 0.4) is 0 Å². The summed E-state index contributed by atoms with van der Waals surface area (Å²) in [5.41, 5.74) is 3.62. The molecule has 4 aromatic rings. The SMILES string of the molecule is CNc1nc(Nc2ccc(C(=O)N3CCN(C(=O)C4CCC(CSC(C)(C)[C@H](NC(=O)C5(F)CC5)C(=O)N5C[C@H](O)C[C@@H]5C(=O)NCc5ccc(-c6scnc6C)cc5)CC4)CC3)cc2OC)ncc1Cl. The molecule has 5 amide bonds. The van der Waals surface area contributed by atoms with Crippen LogP contribution in [0.5, 0.6) is 5.75 Å². The highest BCUT2D eigenvalue weighted by Gasteiger charge is 2.54. The molecule has 4 heterocycles. The molecule has 0 unspecified atom stereocenters. The fourth-order valence-corrected chi connectivity index (χ4v) is 11.8. The molecule has 3 atom stereocenters. The Kier molecular flexibility index (Phi) is 16.1. The van der Waals surface area contributed by atoms with E-state index in [2.05, 4.69) is 36.2 Å². The number of likely N-dealkylation sites (tertiary alicyclic amines) is 1. The second kappa shape index (κ2) is 22.0. The number of carbonyl (C=O) groups excluding carboxylic acids is 5. The number of piperazine rings is 1. The van der Waals surface area contributed by atoms with Gasteiger partial charge in [-0.1, -0.05) is 35.9 Å². The highest BCUT2D eigenvalue weighted by molar-refractivity contribution is 8.00. The maximum atomic E-state index is 15.2. The van der Waals surface area contributed by atoms with Gasteiger partial charge in [0, 0.05) is 69.0 Å². The molecular formula is C50H62ClFN10O7S2. The zero-order chi connectivity index (χ0) is 50.6. The first kappa shape index (κ1) is 51.8. The highest BCUT2D eigenvalue weighted by Crippen LogP contribution is 2.42. The third-order valence-corrected chi connectivity index (χ3v) is 16.9. The zero-order valence-electron chi connectivity index (χ0n) is 40.6. The number of thioether (sulfide) groups is 1. The number of aliphatic hydroxyl groups excluding tert-OH is 1. The van der Waals surface area contributed by atoms with Crippen LogP contribution in [0.2, 0.25) is 5.02 Å². The molecule has 2 saturated heterocycles. The molecule has 2 saturated carbocycles. The number of thiazole rings is 1. The van der Waals surface area contributed by atoms with E-state index in [1.54, 1.807) is 47.0 Å². The summed E-state index contributed by atoms with van der Waals surface area (Å²) in [6.07, 6.45) is 3.68. The van der Waals surface area contributed by atoms with E-state index in [4.69, 9.17) is 16.3 Å². The van der Waals surface area contributed by atoms with Gasteiger partial charge in [-0.25, -0.2) is 14.4 Å². The van der Waals surface area contributed by atoms with Crippen LogP contribution in [-0.2, 0) is 25.7 Å². The van der Waals surface area contributed by atoms with E-state index in [1.807, 2.05) is 49.9 Å². The summed E-state index contributed by atoms with van der Waals surface area (Å²) >= 11 is 9.19. The third-order valence-electron chi connectivity index (χ3n) is 14.0. The number of aromatic nitrogens is 3. The van der Waals surface area contributed by atoms with Gasteiger partial charge in [0.2, 0.25) is 23.7 Å². The Morgan fingerprint density at radius 3 is 2.37 bits per heavy atom. The van der Waals surface area contributed by atoms with Crippen LogP contribution in [0.4, 0.5) is 21.8 Å². The monoisotopic (exact) mass is 1030 g/mol. The molecule has 2 aliphatic heterocycles. The molecule has 0 bridgehead atoms. The molecule has 0 radical (unpaired) electrons. The van der Waals surface area contributed by atoms with Crippen molar-refractivity contribution < 1.29 is 38.2 Å². The third kappa shape index (κ3) is 12.0. The smallest absolute Gasteiger partial charge is 0.258 e. The Morgan fingerprint density at radius 2 is 1.72 bits per heavy atom. The molecule has 2 aliphatic carbocycles. The van der Waals surface area contributed by atoms with E-state index in [0.29, 0.717) is 78.6 Å². The van der Waals surface area contributed by atoms with Crippen LogP contribution >= 0.6 is 34.7 Å². The number of rotatable bonds is 17. The van der Waals surface area contributed by atoms with Gasteiger partial charge in [-0.3, -0.25) is 24.0 Å². The Balaban J connectivity index is 0.822. The second-order valence-corrected chi connectivity index (χ2v) is 22.3. The number of amides is 5. The van der Waals surface area contributed by atoms with Crippen molar-refractivity contribution in [1.29, 1.82) is 0 Å². The molecule has 21 heteroatoms. The Labute approximate surface area is 426 Å². The maximum Gasteiger partial charge on any atom is 0.258 e. The van der Waals surface area contributed by atoms with Crippen LogP contribution in [0, 0.1) is 18.8 Å². The summed E-state index contributed by atoms with van der Waals surface area (Å²) in [6.45, 7) is 7.39. The first-order chi connectivity index (χ1) is 34.0. The second-order valence-electron chi connectivity index (χ2n) is 19.4. The van der Waals surface area contributed by atoms with Gasteiger partial charge in [0.25, 0.3) is 11.8 Å². The topological polar surface area (TPSA) is 211 Å². The summed E-state index contributed by atoms with van der Waals surface area (Å²) in [7, 11) is 3.22. The Hall–Kier alpha value is -5.57. The molecule has 2 aromatic heterocycles. The number of hydrogen-bond acceptors (Lipinski definition) is 14. The largest absolute Gasteiger partial charge is 0.495 e. The van der Waals surface area contributed by atoms with Crippen molar-refractivity contribution in [2.75, 3.05) is 63.3 Å². The van der Waals surface area contributed by atoms with Crippen LogP contribution in [0.15, 0.2) is 54.2 Å². The number of aliphatic hydroxyl groups is 1. The number of methoxy groups -OCH3 is 1. The first-order valence-electron chi connectivity index (χ1n) is 24.1. The summed E-state index contributed by atoms with van der Waals surface area (Å²) in [4.78, 5) is 87.9. The van der Waals surface area contributed by atoms with Gasteiger partial charge >= 0.3 is 0 Å². The minimum atomic E-state index is -2.03. The predicted molar refractivity (Wildman–Crippen MR) is 273 cm³/mol. The van der Waals surface area contributed by atoms with Gasteiger partial charge in [-0.2, -0.15) is 16.7 Å². The van der Waals surface area contributed by atoms with Crippen LogP contribution < -0.4 is 26.0 Å². The summed E-state index contributed by atoms with van der Waals surface area (Å²) in [5.74, 6) is 0.0340. The molecule has 17 nitrogen and oxygen atoms in total. The molecular weight excluding hydrogens is 971 g/mol. The number of halogens is 2. The number of anilines is 3. The number of hydrogen-bond donors (Lipinski definition) is 5. The summed E-state index contributed by atoms with van der Waals surface area (Å²) < 4.78 is 19.8. The predicted octanol–water partition coefficient (Wildman–Crippen LogP) is 6.22. The van der Waals surface area contributed by atoms with Crippen molar-refractivity contribution >= 4 is 81.7 Å². The normalized spacial score (nSPS) is 21.3. The number of aryl methyl sites for hydroxylation is 1. The average Bonchev–Trinajstić information content (AvgIpc) is 3.79. The van der Waals surface area contributed by atoms with E-state index >= 15 is 4.39 Å². The number of ether oxygens (including phenoxy) is 1. The molecule has 2 aromatic carbocycles. The van der Waals surface area contributed by atoms with Gasteiger partial charge in [0.05, 0.1) is 41.2 Å². The summed E-state index contributed by atoms with van der Waals surface area (Å²) in [6, 6.07) is 10.7. The fraction of sp³-hybridized carbons (Fsp3) is 0.520. The Morgan fingerprint density at radius 1 is 1.01 bits per heavy atom. The summed E-state index contributed by atoms with van der Waals surface area (Å²) in [5, 5.41) is 22.9. The molecule has 380 valence electrons. The van der Waals surface area contributed by atoms with Gasteiger partial charge in [-0.05, 0) is 100 Å². The number of alkyl halides is 1. The van der Waals surface area contributed by atoms with Crippen molar-refractivity contribution in [3.8, 4) is 16.2 Å². The zero-order valence-corrected chi connectivity index (χ0v) is 43.0. The quantitative estimate of drug-likeness (QED) is 0.0796. The van der Waals surface area contributed by atoms with E-state index in [-0.39, 0.29) is 56.0 Å². The van der Waals surface area contributed by atoms with Crippen LogP contribution in [0.1, 0.15) is 80.4 Å². The number of nitrogens with zero attached hydrogens (tertiary/aromatic N) is 6. The van der Waals surface area contributed by atoms with Crippen LogP contribution in [0.25, 0.3) is 10.4 Å². The van der Waals surface area contributed by atoms with Crippen molar-refractivity contribution in [2.45, 2.75) is 101 Å². The fourth-order valence-electron chi connectivity index (χ4n) is 9.48. The number of β-amino-alcohol motifs (C(OH)–C–C–N with tert-alkyl or cyclic N) is 1. The first-order valence-corrected chi connectivity index (χ1v) is 26.3. The number of benzene rings is 2. The lowest BCUT2D eigenvalue weighted by atomic mass is 9.82. The number of carbonyl (C=O) groups is 5. The standard InChI is InChI=1S/C50H62ClFN10O7S2/c1-29-40(70-28-56-29)32-10-6-30(7-11-32)24-54-43(64)38-23-35(63)26-62(38)46(67)41(58-47(68)50(52)16-17-50)49(2,3)71-27-31-8-12-33(13-9-31)44(65)60-18-20-61(21-19-60)45(66)34-14-15-37(39(22-34)69-5)57-48-55-25-36(51)42(53-4)59-48/h6-7,10-11,14-15,22,25,28,31,33,35,38,41,63H,8-9,12-13,16-21,23-24,26-27H2,1-5H3,(H,54,64)(H,58,68)(H2,53,55,57,59)/t31?,33?,35-,38-,41-/m1/s1. The van der Waals surface area contributed by atoms with E-state index < -0.39 is 46.3 Å². The van der Waals surface area contributed by atoms with E-state index in [1.165, 1.54) is 30.0 Å². The van der Waals surface area contributed by atoms with Gasteiger partial charge < -0.3 is 45.8 Å². The lowest BCUT2D eigenvalue weighted by Crippen LogP contribution is -2.61. The maximum absolute atomic E-state index is 15.2. The Bertz CT molecular complexity index is 2600. The molecule has 4 aliphatic rings. The molecule has 71 heavy (non-hydrogen) atoms. The van der Waals surface area contributed by atoms with Crippen molar-refractivity contribution in [3.63, 3.8) is 0 Å². The lowest BCUT2D eigenvalue weighted by molar-refractivity contribution is -0.143. The van der Waals surface area contributed by atoms with Crippen molar-refractivity contribution in [3.05, 3.63) is 76.0 Å². The minimum Gasteiger partial charge on any atom is -0.495 e. The average molecular weight is 1030 g/mol. The molecule has 4 fully saturated rings. The van der Waals surface area contributed by atoms with E-state index in [9.17, 15) is 29.1 Å². The molecule has 0 spiro atoms.